The molecule has 0 saturated carbocycles. The third-order valence-corrected chi connectivity index (χ3v) is 6.53. The highest BCUT2D eigenvalue weighted by Crippen LogP contribution is 2.31. The number of primary amides is 1. The van der Waals surface area contributed by atoms with Gasteiger partial charge in [0.05, 0.1) is 25.1 Å². The van der Waals surface area contributed by atoms with Crippen molar-refractivity contribution in [2.24, 2.45) is 5.73 Å². The zero-order chi connectivity index (χ0) is 30.5. The Morgan fingerprint density at radius 3 is 2.17 bits per heavy atom. The number of rotatable bonds is 12. The normalized spacial score (nSPS) is 11.5. The summed E-state index contributed by atoms with van der Waals surface area (Å²) in [6.07, 6.45) is 0.525. The molecule has 0 saturated heterocycles. The quantitative estimate of drug-likeness (QED) is 0.138. The number of anilines is 2. The number of hydrogen-bond donors (Lipinski definition) is 3. The van der Waals surface area contributed by atoms with Crippen molar-refractivity contribution in [1.29, 1.82) is 0 Å². The number of halogens is 1. The van der Waals surface area contributed by atoms with Gasteiger partial charge in [0.2, 0.25) is 15.9 Å². The van der Waals surface area contributed by atoms with Gasteiger partial charge in [0, 0.05) is 17.6 Å². The molecule has 0 fully saturated rings. The van der Waals surface area contributed by atoms with Crippen LogP contribution in [0.5, 0.6) is 11.5 Å². The number of nitrogens with two attached hydrogens (primary N) is 1. The van der Waals surface area contributed by atoms with Crippen LogP contribution in [0.25, 0.3) is 0 Å². The molecule has 0 aliphatic heterocycles. The Morgan fingerprint density at radius 2 is 1.57 bits per heavy atom. The maximum Gasteiger partial charge on any atom is 0.229 e. The SMILES string of the molecule is CC(N)=O.CS(=O)(=O)Nc1cc([C@H](CN(COc2ccccc2)c2ccc(Cl)cc2)OCc2ccccc2)ccc1O. The number of carbonyl (C=O) groups excluding carboxylic acids is 1. The van der Waals surface area contributed by atoms with Crippen LogP contribution in [0.3, 0.4) is 0 Å². The van der Waals surface area contributed by atoms with Crippen LogP contribution in [0.2, 0.25) is 5.02 Å². The van der Waals surface area contributed by atoms with E-state index < -0.39 is 16.1 Å². The van der Waals surface area contributed by atoms with E-state index in [4.69, 9.17) is 21.1 Å². The summed E-state index contributed by atoms with van der Waals surface area (Å²) in [4.78, 5) is 11.2. The molecular weight excluding hydrogens is 578 g/mol. The van der Waals surface area contributed by atoms with Crippen molar-refractivity contribution in [2.45, 2.75) is 19.6 Å². The molecule has 11 heteroatoms. The van der Waals surface area contributed by atoms with Gasteiger partial charge in [-0.3, -0.25) is 9.52 Å². The molecular formula is C31H34ClN3O6S. The van der Waals surface area contributed by atoms with Crippen LogP contribution >= 0.6 is 11.6 Å². The standard InChI is InChI=1S/C29H29ClN2O5S.C2H5NO/c1-38(34,35)31-27-18-23(12-17-28(27)33)29(36-20-22-8-4-2-5-9-22)19-32(25-15-13-24(30)14-16-25)21-37-26-10-6-3-7-11-26;1-2(3)4/h2-18,29,31,33H,19-21H2,1H3;1H3,(H2,3,4)/t29-;/m0./s1. The largest absolute Gasteiger partial charge is 0.506 e. The first-order valence-electron chi connectivity index (χ1n) is 12.9. The third kappa shape index (κ3) is 11.3. The zero-order valence-electron chi connectivity index (χ0n) is 23.3. The average Bonchev–Trinajstić information content (AvgIpc) is 2.95. The lowest BCUT2D eigenvalue weighted by molar-refractivity contribution is -0.115. The van der Waals surface area contributed by atoms with Crippen molar-refractivity contribution < 1.29 is 27.8 Å². The van der Waals surface area contributed by atoms with E-state index in [1.807, 2.05) is 77.7 Å². The number of para-hydroxylation sites is 1. The van der Waals surface area contributed by atoms with Crippen LogP contribution < -0.4 is 20.1 Å². The number of nitrogens with one attached hydrogen (secondary N) is 1. The summed E-state index contributed by atoms with van der Waals surface area (Å²) in [6, 6.07) is 31.4. The van der Waals surface area contributed by atoms with Gasteiger partial charge in [0.25, 0.3) is 0 Å². The van der Waals surface area contributed by atoms with Crippen LogP contribution in [-0.4, -0.2) is 39.0 Å². The lowest BCUT2D eigenvalue weighted by Gasteiger charge is -2.30. The molecule has 4 rings (SSSR count). The third-order valence-electron chi connectivity index (χ3n) is 5.69. The maximum absolute atomic E-state index is 11.9. The monoisotopic (exact) mass is 611 g/mol. The molecule has 0 radical (unpaired) electrons. The maximum atomic E-state index is 11.9. The number of phenolic OH excluding ortho intramolecular Hbond substituents is 1. The van der Waals surface area contributed by atoms with Gasteiger partial charge in [-0.15, -0.1) is 0 Å². The van der Waals surface area contributed by atoms with Crippen molar-refractivity contribution in [2.75, 3.05) is 29.2 Å². The van der Waals surface area contributed by atoms with E-state index in [2.05, 4.69) is 10.5 Å². The van der Waals surface area contributed by atoms with E-state index in [0.29, 0.717) is 23.7 Å². The molecule has 0 aliphatic carbocycles. The summed E-state index contributed by atoms with van der Waals surface area (Å²) in [6.45, 7) is 2.23. The predicted molar refractivity (Wildman–Crippen MR) is 166 cm³/mol. The first-order valence-corrected chi connectivity index (χ1v) is 15.2. The topological polar surface area (TPSA) is 131 Å². The molecule has 9 nitrogen and oxygen atoms in total. The van der Waals surface area contributed by atoms with Gasteiger partial charge in [-0.25, -0.2) is 8.42 Å². The molecule has 1 atom stereocenters. The van der Waals surface area contributed by atoms with Crippen molar-refractivity contribution >= 4 is 38.9 Å². The molecule has 4 N–H and O–H groups in total. The smallest absolute Gasteiger partial charge is 0.229 e. The molecule has 1 amide bonds. The van der Waals surface area contributed by atoms with Crippen LogP contribution in [-0.2, 0) is 26.2 Å². The summed E-state index contributed by atoms with van der Waals surface area (Å²) in [5.74, 6) is 0.209. The number of sulfonamides is 1. The molecule has 222 valence electrons. The number of amides is 1. The van der Waals surface area contributed by atoms with E-state index in [1.54, 1.807) is 24.3 Å². The van der Waals surface area contributed by atoms with Crippen LogP contribution in [0.15, 0.2) is 103 Å². The number of phenols is 1. The van der Waals surface area contributed by atoms with Crippen LogP contribution in [0.1, 0.15) is 24.2 Å². The van der Waals surface area contributed by atoms with Gasteiger partial charge in [-0.1, -0.05) is 66.2 Å². The van der Waals surface area contributed by atoms with Crippen LogP contribution in [0.4, 0.5) is 11.4 Å². The highest BCUT2D eigenvalue weighted by Gasteiger charge is 2.21. The van der Waals surface area contributed by atoms with Gasteiger partial charge >= 0.3 is 0 Å². The van der Waals surface area contributed by atoms with E-state index in [0.717, 1.165) is 23.3 Å². The molecule has 0 unspecified atom stereocenters. The Hall–Kier alpha value is -4.25. The first kappa shape index (κ1) is 32.3. The lowest BCUT2D eigenvalue weighted by Crippen LogP contribution is -2.33. The van der Waals surface area contributed by atoms with Crippen molar-refractivity contribution in [1.82, 2.24) is 0 Å². The first-order chi connectivity index (χ1) is 20.0. The minimum atomic E-state index is -3.60. The summed E-state index contributed by atoms with van der Waals surface area (Å²) >= 11 is 6.14. The summed E-state index contributed by atoms with van der Waals surface area (Å²) in [5.41, 5.74) is 7.09. The van der Waals surface area contributed by atoms with Gasteiger partial charge in [-0.2, -0.15) is 0 Å². The minimum Gasteiger partial charge on any atom is -0.506 e. The molecule has 0 aliphatic rings. The second kappa shape index (κ2) is 15.7. The number of nitrogens with zero attached hydrogens (tertiary/aromatic N) is 1. The fourth-order valence-corrected chi connectivity index (χ4v) is 4.50. The molecule has 4 aromatic rings. The van der Waals surface area contributed by atoms with Gasteiger partial charge in [0.15, 0.2) is 6.73 Å². The zero-order valence-corrected chi connectivity index (χ0v) is 24.9. The summed E-state index contributed by atoms with van der Waals surface area (Å²) < 4.78 is 38.6. The minimum absolute atomic E-state index is 0.0805. The highest BCUT2D eigenvalue weighted by molar-refractivity contribution is 7.92. The Kier molecular flexibility index (Phi) is 12.0. The molecule has 0 spiro atoms. The van der Waals surface area contributed by atoms with E-state index in [-0.39, 0.29) is 24.1 Å². The molecule has 0 heterocycles. The fraction of sp³-hybridized carbons (Fsp3) is 0.194. The highest BCUT2D eigenvalue weighted by atomic mass is 35.5. The molecule has 42 heavy (non-hydrogen) atoms. The molecule has 0 aromatic heterocycles. The van der Waals surface area contributed by atoms with E-state index >= 15 is 0 Å². The summed E-state index contributed by atoms with van der Waals surface area (Å²) in [7, 11) is -3.60. The number of carbonyl (C=O) groups is 1. The lowest BCUT2D eigenvalue weighted by atomic mass is 10.1. The Morgan fingerprint density at radius 1 is 0.976 bits per heavy atom. The van der Waals surface area contributed by atoms with E-state index in [1.165, 1.54) is 13.0 Å². The number of benzene rings is 4. The summed E-state index contributed by atoms with van der Waals surface area (Å²) in [5, 5.41) is 10.9. The Bertz CT molecular complexity index is 1520. The average molecular weight is 612 g/mol. The van der Waals surface area contributed by atoms with Gasteiger partial charge < -0.3 is 25.2 Å². The van der Waals surface area contributed by atoms with Gasteiger partial charge in [0.1, 0.15) is 17.6 Å². The number of aromatic hydroxyl groups is 1. The molecule has 4 aromatic carbocycles. The number of hydrogen-bond acceptors (Lipinski definition) is 7. The van der Waals surface area contributed by atoms with Crippen molar-refractivity contribution in [3.8, 4) is 11.5 Å². The second-order valence-corrected chi connectivity index (χ2v) is 11.5. The second-order valence-electron chi connectivity index (χ2n) is 9.33. The van der Waals surface area contributed by atoms with Crippen LogP contribution in [0, 0.1) is 0 Å². The Labute approximate surface area is 251 Å². The van der Waals surface area contributed by atoms with Crippen molar-refractivity contribution in [3.63, 3.8) is 0 Å². The fourth-order valence-electron chi connectivity index (χ4n) is 3.81. The van der Waals surface area contributed by atoms with Gasteiger partial charge in [-0.05, 0) is 59.7 Å². The van der Waals surface area contributed by atoms with Crippen molar-refractivity contribution in [3.05, 3.63) is 119 Å². The predicted octanol–water partition coefficient (Wildman–Crippen LogP) is 5.71. The molecule has 0 bridgehead atoms. The number of ether oxygens (including phenoxy) is 2. The Balaban J connectivity index is 0.00000114. The van der Waals surface area contributed by atoms with E-state index in [9.17, 15) is 18.3 Å².